The number of halogens is 1. The van der Waals surface area contributed by atoms with Gasteiger partial charge in [0.15, 0.2) is 5.60 Å². The Morgan fingerprint density at radius 2 is 1.73 bits per heavy atom. The highest BCUT2D eigenvalue weighted by atomic mass is 35.5. The standard InChI is InChI=1S/C22H16ClN3O4/c23-19-12-15(6-7-16(19)13-24)20(14-4-2-1-3-5-14)22(28,21(25)27)17-8-10-18(11-9-17)26(29)30/h1-12,20,28H,(H2,25,27). The van der Waals surface area contributed by atoms with Gasteiger partial charge in [-0.05, 0) is 41.0 Å². The monoisotopic (exact) mass is 421 g/mol. The molecule has 0 aliphatic carbocycles. The van der Waals surface area contributed by atoms with Crippen LogP contribution in [0.1, 0.15) is 28.2 Å². The predicted molar refractivity (Wildman–Crippen MR) is 111 cm³/mol. The van der Waals surface area contributed by atoms with Crippen molar-refractivity contribution < 1.29 is 14.8 Å². The highest BCUT2D eigenvalue weighted by molar-refractivity contribution is 6.31. The number of nitrogens with zero attached hydrogens (tertiary/aromatic N) is 2. The topological polar surface area (TPSA) is 130 Å². The molecule has 30 heavy (non-hydrogen) atoms. The number of amides is 1. The molecule has 2 unspecified atom stereocenters. The summed E-state index contributed by atoms with van der Waals surface area (Å²) in [5, 5.41) is 31.9. The van der Waals surface area contributed by atoms with Crippen molar-refractivity contribution in [1.29, 1.82) is 5.26 Å². The summed E-state index contributed by atoms with van der Waals surface area (Å²) in [7, 11) is 0. The van der Waals surface area contributed by atoms with Gasteiger partial charge in [0.05, 0.1) is 21.4 Å². The number of nitrogens with two attached hydrogens (primary N) is 1. The van der Waals surface area contributed by atoms with Gasteiger partial charge < -0.3 is 10.8 Å². The summed E-state index contributed by atoms with van der Waals surface area (Å²) in [6.07, 6.45) is 0. The molecule has 0 spiro atoms. The maximum Gasteiger partial charge on any atom is 0.269 e. The van der Waals surface area contributed by atoms with E-state index >= 15 is 0 Å². The van der Waals surface area contributed by atoms with Gasteiger partial charge in [0, 0.05) is 12.1 Å². The van der Waals surface area contributed by atoms with Crippen LogP contribution in [-0.2, 0) is 10.4 Å². The number of hydrogen-bond acceptors (Lipinski definition) is 5. The van der Waals surface area contributed by atoms with Crippen LogP contribution in [0.4, 0.5) is 5.69 Å². The van der Waals surface area contributed by atoms with Crippen molar-refractivity contribution in [2.24, 2.45) is 5.73 Å². The Labute approximate surface area is 177 Å². The minimum absolute atomic E-state index is 0.0925. The second-order valence-electron chi connectivity index (χ2n) is 6.63. The van der Waals surface area contributed by atoms with Gasteiger partial charge in [0.2, 0.25) is 0 Å². The Bertz CT molecular complexity index is 1140. The number of rotatable bonds is 6. The SMILES string of the molecule is N#Cc1ccc(C(c2ccccc2)C(O)(C(N)=O)c2ccc([N+](=O)[O-])cc2)cc1Cl. The Hall–Kier alpha value is -3.73. The van der Waals surface area contributed by atoms with Gasteiger partial charge in [0.1, 0.15) is 6.07 Å². The van der Waals surface area contributed by atoms with Crippen LogP contribution in [0, 0.1) is 21.4 Å². The lowest BCUT2D eigenvalue weighted by molar-refractivity contribution is -0.384. The van der Waals surface area contributed by atoms with Gasteiger partial charge in [-0.15, -0.1) is 0 Å². The second kappa shape index (κ2) is 8.33. The van der Waals surface area contributed by atoms with E-state index in [4.69, 9.17) is 22.6 Å². The molecule has 3 aromatic rings. The number of primary amides is 1. The molecule has 8 heteroatoms. The molecule has 3 rings (SSSR count). The summed E-state index contributed by atoms with van der Waals surface area (Å²) in [4.78, 5) is 23.0. The number of non-ortho nitro benzene ring substituents is 1. The van der Waals surface area contributed by atoms with E-state index in [0.717, 1.165) is 0 Å². The first kappa shape index (κ1) is 21.0. The Morgan fingerprint density at radius 1 is 1.10 bits per heavy atom. The summed E-state index contributed by atoms with van der Waals surface area (Å²) in [6, 6.07) is 20.2. The first-order valence-electron chi connectivity index (χ1n) is 8.80. The fourth-order valence-electron chi connectivity index (χ4n) is 3.41. The molecule has 7 nitrogen and oxygen atoms in total. The van der Waals surface area contributed by atoms with Gasteiger partial charge in [0.25, 0.3) is 11.6 Å². The number of carbonyl (C=O) groups is 1. The maximum absolute atomic E-state index is 12.6. The zero-order valence-corrected chi connectivity index (χ0v) is 16.3. The third-order valence-electron chi connectivity index (χ3n) is 4.89. The molecular weight excluding hydrogens is 406 g/mol. The summed E-state index contributed by atoms with van der Waals surface area (Å²) in [5.74, 6) is -2.02. The van der Waals surface area contributed by atoms with Crippen LogP contribution in [0.3, 0.4) is 0 Å². The summed E-state index contributed by atoms with van der Waals surface area (Å²) in [5.41, 5.74) is 4.58. The van der Waals surface area contributed by atoms with Crippen LogP contribution in [0.2, 0.25) is 5.02 Å². The number of aliphatic hydroxyl groups is 1. The largest absolute Gasteiger partial charge is 0.375 e. The summed E-state index contributed by atoms with van der Waals surface area (Å²) in [6.45, 7) is 0. The number of nitro groups is 1. The first-order chi connectivity index (χ1) is 14.3. The van der Waals surface area contributed by atoms with Crippen LogP contribution in [0.5, 0.6) is 0 Å². The van der Waals surface area contributed by atoms with E-state index in [1.54, 1.807) is 36.4 Å². The van der Waals surface area contributed by atoms with Crippen LogP contribution >= 0.6 is 11.6 Å². The van der Waals surface area contributed by atoms with Crippen molar-refractivity contribution in [3.05, 3.63) is 110 Å². The normalized spacial score (nSPS) is 13.6. The van der Waals surface area contributed by atoms with Crippen molar-refractivity contribution in [2.45, 2.75) is 11.5 Å². The van der Waals surface area contributed by atoms with E-state index in [9.17, 15) is 20.0 Å². The minimum Gasteiger partial charge on any atom is -0.375 e. The number of benzene rings is 3. The molecule has 0 saturated heterocycles. The molecule has 1 amide bonds. The molecule has 150 valence electrons. The molecule has 3 aromatic carbocycles. The van der Waals surface area contributed by atoms with E-state index in [1.165, 1.54) is 36.4 Å². The van der Waals surface area contributed by atoms with E-state index < -0.39 is 22.3 Å². The van der Waals surface area contributed by atoms with Gasteiger partial charge in [-0.3, -0.25) is 14.9 Å². The number of carbonyl (C=O) groups excluding carboxylic acids is 1. The fraction of sp³-hybridized carbons (Fsp3) is 0.0909. The smallest absolute Gasteiger partial charge is 0.269 e. The van der Waals surface area contributed by atoms with Crippen molar-refractivity contribution in [1.82, 2.24) is 0 Å². The van der Waals surface area contributed by atoms with E-state index in [1.807, 2.05) is 6.07 Å². The van der Waals surface area contributed by atoms with E-state index in [0.29, 0.717) is 11.1 Å². The Kier molecular flexibility index (Phi) is 5.83. The predicted octanol–water partition coefficient (Wildman–Crippen LogP) is 3.62. The third-order valence-corrected chi connectivity index (χ3v) is 5.20. The molecular formula is C22H16ClN3O4. The van der Waals surface area contributed by atoms with Gasteiger partial charge >= 0.3 is 0 Å². The lowest BCUT2D eigenvalue weighted by Crippen LogP contribution is -2.46. The minimum atomic E-state index is -2.24. The number of hydrogen-bond donors (Lipinski definition) is 2. The maximum atomic E-state index is 12.6. The average molecular weight is 422 g/mol. The van der Waals surface area contributed by atoms with Crippen LogP contribution in [0.15, 0.2) is 72.8 Å². The van der Waals surface area contributed by atoms with Crippen molar-refractivity contribution in [3.8, 4) is 6.07 Å². The first-order valence-corrected chi connectivity index (χ1v) is 9.18. The molecule has 0 fully saturated rings. The third kappa shape index (κ3) is 3.74. The van der Waals surface area contributed by atoms with E-state index in [-0.39, 0.29) is 21.8 Å². The van der Waals surface area contributed by atoms with Gasteiger partial charge in [-0.25, -0.2) is 0 Å². The summed E-state index contributed by atoms with van der Waals surface area (Å²) >= 11 is 6.20. The van der Waals surface area contributed by atoms with E-state index in [2.05, 4.69) is 0 Å². The molecule has 0 heterocycles. The molecule has 3 N–H and O–H groups in total. The molecule has 0 radical (unpaired) electrons. The van der Waals surface area contributed by atoms with Crippen LogP contribution in [0.25, 0.3) is 0 Å². The van der Waals surface area contributed by atoms with Crippen molar-refractivity contribution in [3.63, 3.8) is 0 Å². The van der Waals surface area contributed by atoms with Crippen molar-refractivity contribution in [2.75, 3.05) is 0 Å². The Balaban J connectivity index is 2.26. The molecule has 0 aliphatic heterocycles. The summed E-state index contributed by atoms with van der Waals surface area (Å²) < 4.78 is 0. The lowest BCUT2D eigenvalue weighted by Gasteiger charge is -2.35. The zero-order valence-electron chi connectivity index (χ0n) is 15.5. The lowest BCUT2D eigenvalue weighted by atomic mass is 9.73. The average Bonchev–Trinajstić information content (AvgIpc) is 2.74. The Morgan fingerprint density at radius 3 is 2.23 bits per heavy atom. The molecule has 0 bridgehead atoms. The fourth-order valence-corrected chi connectivity index (χ4v) is 3.64. The van der Waals surface area contributed by atoms with Crippen LogP contribution < -0.4 is 5.73 Å². The molecule has 0 aromatic heterocycles. The van der Waals surface area contributed by atoms with Crippen LogP contribution in [-0.4, -0.2) is 15.9 Å². The molecule has 0 aliphatic rings. The molecule has 0 saturated carbocycles. The quantitative estimate of drug-likeness (QED) is 0.463. The highest BCUT2D eigenvalue weighted by Gasteiger charge is 2.46. The zero-order chi connectivity index (χ0) is 21.9. The molecule has 2 atom stereocenters. The second-order valence-corrected chi connectivity index (χ2v) is 7.04. The number of nitro benzene ring substituents is 1. The van der Waals surface area contributed by atoms with Gasteiger partial charge in [-0.1, -0.05) is 48.0 Å². The number of nitriles is 1. The van der Waals surface area contributed by atoms with Crippen molar-refractivity contribution >= 4 is 23.2 Å². The highest BCUT2D eigenvalue weighted by Crippen LogP contribution is 2.43. The van der Waals surface area contributed by atoms with Gasteiger partial charge in [-0.2, -0.15) is 5.26 Å².